The first-order valence-electron chi connectivity index (χ1n) is 13.1. The van der Waals surface area contributed by atoms with Gasteiger partial charge in [0.15, 0.2) is 0 Å². The second-order valence-corrected chi connectivity index (χ2v) is 9.56. The minimum atomic E-state index is 0.524. The summed E-state index contributed by atoms with van der Waals surface area (Å²) in [7, 11) is 0. The van der Waals surface area contributed by atoms with Crippen LogP contribution in [0.15, 0.2) is 138 Å². The van der Waals surface area contributed by atoms with Crippen LogP contribution >= 0.6 is 0 Å². The maximum absolute atomic E-state index is 9.11. The van der Waals surface area contributed by atoms with Gasteiger partial charge < -0.3 is 4.42 Å². The lowest BCUT2D eigenvalue weighted by atomic mass is 9.85. The maximum atomic E-state index is 9.11. The fraction of sp³-hybridized carbons (Fsp3) is 0. The molecule has 7 aromatic carbocycles. The van der Waals surface area contributed by atoms with E-state index in [0.29, 0.717) is 6.04 Å². The van der Waals surface area contributed by atoms with Crippen LogP contribution in [0.4, 0.5) is 0 Å². The van der Waals surface area contributed by atoms with Crippen LogP contribution < -0.4 is 0 Å². The third-order valence-electron chi connectivity index (χ3n) is 7.56. The Kier molecular flexibility index (Phi) is 4.08. The van der Waals surface area contributed by atoms with Crippen LogP contribution in [-0.2, 0) is 0 Å². The van der Waals surface area contributed by atoms with E-state index >= 15 is 0 Å². The normalized spacial score (nSPS) is 12.2. The van der Waals surface area contributed by atoms with Gasteiger partial charge >= 0.3 is 0 Å². The van der Waals surface area contributed by atoms with Crippen molar-refractivity contribution in [1.82, 2.24) is 0 Å². The summed E-state index contributed by atoms with van der Waals surface area (Å²) in [6.07, 6.45) is 0. The predicted octanol–water partition coefficient (Wildman–Crippen LogP) is 10.4. The molecule has 0 fully saturated rings. The van der Waals surface area contributed by atoms with Gasteiger partial charge in [-0.3, -0.25) is 0 Å². The van der Waals surface area contributed by atoms with Crippen molar-refractivity contribution in [3.8, 4) is 22.3 Å². The molecule has 1 heteroatoms. The Morgan fingerprint density at radius 3 is 1.97 bits per heavy atom. The number of fused-ring (bicyclic) bond motifs is 7. The van der Waals surface area contributed by atoms with E-state index in [2.05, 4.69) is 109 Å². The summed E-state index contributed by atoms with van der Waals surface area (Å²) in [5.74, 6) is 0. The molecule has 37 heavy (non-hydrogen) atoms. The first-order chi connectivity index (χ1) is 18.8. The van der Waals surface area contributed by atoms with E-state index in [1.807, 2.05) is 18.2 Å². The van der Waals surface area contributed by atoms with Gasteiger partial charge in [-0.05, 0) is 61.3 Å². The Bertz CT molecular complexity index is 2190. The summed E-state index contributed by atoms with van der Waals surface area (Å²) >= 11 is 0. The highest BCUT2D eigenvalue weighted by atomic mass is 16.3. The number of rotatable bonds is 2. The van der Waals surface area contributed by atoms with Crippen molar-refractivity contribution >= 4 is 54.3 Å². The number of furan rings is 1. The van der Waals surface area contributed by atoms with Gasteiger partial charge in [-0.1, -0.05) is 121 Å². The van der Waals surface area contributed by atoms with E-state index in [4.69, 9.17) is 5.79 Å². The fourth-order valence-electron chi connectivity index (χ4n) is 6.01. The van der Waals surface area contributed by atoms with Gasteiger partial charge in [-0.25, -0.2) is 0 Å². The molecule has 0 bridgehead atoms. The van der Waals surface area contributed by atoms with Crippen molar-refractivity contribution in [2.75, 3.05) is 0 Å². The molecule has 0 N–H and O–H groups in total. The molecule has 0 unspecified atom stereocenters. The molecular formula is C36H22O. The van der Waals surface area contributed by atoms with Gasteiger partial charge in [0, 0.05) is 16.2 Å². The smallest absolute Gasteiger partial charge is 0.143 e. The lowest BCUT2D eigenvalue weighted by Crippen LogP contribution is -1.91. The molecule has 0 radical (unpaired) electrons. The summed E-state index contributed by atoms with van der Waals surface area (Å²) in [6.45, 7) is 0. The summed E-state index contributed by atoms with van der Waals surface area (Å²) in [6, 6.07) is 44.7. The van der Waals surface area contributed by atoms with Crippen LogP contribution in [0.1, 0.15) is 1.37 Å². The van der Waals surface area contributed by atoms with Crippen molar-refractivity contribution in [1.29, 1.82) is 0 Å². The van der Waals surface area contributed by atoms with Crippen molar-refractivity contribution < 1.29 is 5.79 Å². The van der Waals surface area contributed by atoms with E-state index < -0.39 is 0 Å². The zero-order valence-electron chi connectivity index (χ0n) is 21.0. The molecule has 1 heterocycles. The molecule has 8 rings (SSSR count). The SMILES string of the molecule is [2H]c1cccc2c(-c3ccccc3)c3ccccc3c(-c3cccc4oc5c6ccccc6ccc5c34)c12. The van der Waals surface area contributed by atoms with Crippen LogP contribution in [0.25, 0.3) is 76.5 Å². The molecule has 172 valence electrons. The van der Waals surface area contributed by atoms with Crippen LogP contribution in [0.5, 0.6) is 0 Å². The molecule has 0 spiro atoms. The molecule has 8 aromatic rings. The fourth-order valence-corrected chi connectivity index (χ4v) is 6.01. The van der Waals surface area contributed by atoms with Gasteiger partial charge in [0.05, 0.1) is 1.37 Å². The highest BCUT2D eigenvalue weighted by molar-refractivity contribution is 6.26. The van der Waals surface area contributed by atoms with Crippen molar-refractivity contribution in [2.45, 2.75) is 0 Å². The third-order valence-corrected chi connectivity index (χ3v) is 7.56. The molecule has 1 aromatic heterocycles. The number of hydrogen-bond donors (Lipinski definition) is 0. The molecule has 0 saturated heterocycles. The average Bonchev–Trinajstić information content (AvgIpc) is 3.36. The van der Waals surface area contributed by atoms with Crippen LogP contribution in [0.3, 0.4) is 0 Å². The average molecular weight is 472 g/mol. The predicted molar refractivity (Wildman–Crippen MR) is 157 cm³/mol. The quantitative estimate of drug-likeness (QED) is 0.229. The van der Waals surface area contributed by atoms with Crippen molar-refractivity contribution in [3.05, 3.63) is 133 Å². The minimum absolute atomic E-state index is 0.524. The maximum Gasteiger partial charge on any atom is 0.143 e. The van der Waals surface area contributed by atoms with Gasteiger partial charge in [-0.2, -0.15) is 0 Å². The Morgan fingerprint density at radius 2 is 1.14 bits per heavy atom. The summed E-state index contributed by atoms with van der Waals surface area (Å²) in [4.78, 5) is 0. The van der Waals surface area contributed by atoms with Crippen LogP contribution in [-0.4, -0.2) is 0 Å². The zero-order chi connectivity index (χ0) is 25.2. The molecule has 0 amide bonds. The van der Waals surface area contributed by atoms with E-state index in [0.717, 1.165) is 65.6 Å². The van der Waals surface area contributed by atoms with Gasteiger partial charge in [0.1, 0.15) is 11.2 Å². The van der Waals surface area contributed by atoms with E-state index in [9.17, 15) is 0 Å². The van der Waals surface area contributed by atoms with Crippen LogP contribution in [0.2, 0.25) is 0 Å². The monoisotopic (exact) mass is 471 g/mol. The number of hydrogen-bond acceptors (Lipinski definition) is 1. The van der Waals surface area contributed by atoms with E-state index in [-0.39, 0.29) is 0 Å². The number of benzene rings is 7. The first kappa shape index (κ1) is 19.3. The Morgan fingerprint density at radius 1 is 0.459 bits per heavy atom. The second kappa shape index (κ2) is 7.81. The zero-order valence-corrected chi connectivity index (χ0v) is 20.0. The molecule has 0 atom stereocenters. The standard InChI is InChI=1S/C36H22O/c1-2-12-24(13-3-1)33-26-15-6-8-17-28(26)34(29-18-9-7-16-27(29)33)30-19-10-20-32-35(30)31-22-21-23-11-4-5-14-25(23)36(31)37-32/h1-22H/i17D. The molecule has 0 aliphatic heterocycles. The van der Waals surface area contributed by atoms with Crippen molar-refractivity contribution in [3.63, 3.8) is 0 Å². The highest BCUT2D eigenvalue weighted by Gasteiger charge is 2.20. The Balaban J connectivity index is 1.59. The molecule has 0 saturated carbocycles. The Labute approximate surface area is 215 Å². The summed E-state index contributed by atoms with van der Waals surface area (Å²) in [5.41, 5.74) is 6.28. The Hall–Kier alpha value is -4.88. The van der Waals surface area contributed by atoms with Crippen molar-refractivity contribution in [2.24, 2.45) is 0 Å². The minimum Gasteiger partial charge on any atom is -0.455 e. The highest BCUT2D eigenvalue weighted by Crippen LogP contribution is 2.47. The van der Waals surface area contributed by atoms with Gasteiger partial charge in [0.25, 0.3) is 0 Å². The first-order valence-corrected chi connectivity index (χ1v) is 12.6. The summed E-state index contributed by atoms with van der Waals surface area (Å²) in [5, 5.41) is 8.85. The molecule has 0 aliphatic carbocycles. The molecule has 1 nitrogen and oxygen atoms in total. The van der Waals surface area contributed by atoms with Crippen LogP contribution in [0, 0.1) is 0 Å². The van der Waals surface area contributed by atoms with Gasteiger partial charge in [0.2, 0.25) is 0 Å². The van der Waals surface area contributed by atoms with Gasteiger partial charge in [-0.15, -0.1) is 0 Å². The second-order valence-electron chi connectivity index (χ2n) is 9.56. The molecular weight excluding hydrogens is 448 g/mol. The third kappa shape index (κ3) is 2.92. The summed E-state index contributed by atoms with van der Waals surface area (Å²) < 4.78 is 15.6. The lowest BCUT2D eigenvalue weighted by molar-refractivity contribution is 0.673. The largest absolute Gasteiger partial charge is 0.455 e. The topological polar surface area (TPSA) is 13.1 Å². The lowest BCUT2D eigenvalue weighted by Gasteiger charge is -2.18. The van der Waals surface area contributed by atoms with E-state index in [1.165, 1.54) is 10.9 Å². The molecule has 0 aliphatic rings. The van der Waals surface area contributed by atoms with E-state index in [1.54, 1.807) is 0 Å².